The van der Waals surface area contributed by atoms with Gasteiger partial charge in [-0.25, -0.2) is 0 Å². The normalized spacial score (nSPS) is 14.3. The van der Waals surface area contributed by atoms with Crippen LogP contribution in [-0.4, -0.2) is 59.0 Å². The first kappa shape index (κ1) is 25.1. The average molecular weight is 503 g/mol. The minimum absolute atomic E-state index is 0.185. The number of thioether (sulfide) groups is 1. The van der Waals surface area contributed by atoms with E-state index in [0.29, 0.717) is 40.0 Å². The van der Waals surface area contributed by atoms with Crippen LogP contribution in [0.15, 0.2) is 47.4 Å². The van der Waals surface area contributed by atoms with Crippen LogP contribution < -0.4 is 19.5 Å². The van der Waals surface area contributed by atoms with Gasteiger partial charge < -0.3 is 24.6 Å². The number of benzene rings is 2. The molecule has 9 nitrogen and oxygen atoms in total. The summed E-state index contributed by atoms with van der Waals surface area (Å²) >= 11 is 6.14. The van der Waals surface area contributed by atoms with Gasteiger partial charge in [0.2, 0.25) is 0 Å². The fraction of sp³-hybridized carbons (Fsp3) is 0.217. The Morgan fingerprint density at radius 2 is 1.91 bits per heavy atom. The molecule has 2 N–H and O–H groups in total. The lowest BCUT2D eigenvalue weighted by atomic mass is 10.2. The Kier molecular flexibility index (Phi) is 8.50. The summed E-state index contributed by atoms with van der Waals surface area (Å²) in [5, 5.41) is 11.7. The number of rotatable bonds is 10. The molecule has 0 unspecified atom stereocenters. The summed E-state index contributed by atoms with van der Waals surface area (Å²) in [7, 11) is 1.52. The van der Waals surface area contributed by atoms with Crippen LogP contribution in [0.4, 0.5) is 5.69 Å². The number of nitrogens with zero attached hydrogens (tertiary/aromatic N) is 1. The SMILES string of the molecule is CCOc1cc(C=C2SC(=S)N(CC(=O)O)C2=O)ccc1OCC(=O)Nc1ccccc1OC. The number of carbonyl (C=O) groups excluding carboxylic acids is 2. The molecule has 2 aromatic carbocycles. The lowest BCUT2D eigenvalue weighted by molar-refractivity contribution is -0.140. The number of methoxy groups -OCH3 is 1. The summed E-state index contributed by atoms with van der Waals surface area (Å²) in [6.45, 7) is 1.41. The largest absolute Gasteiger partial charge is 0.495 e. The van der Waals surface area contributed by atoms with Crippen molar-refractivity contribution in [3.05, 3.63) is 52.9 Å². The molecule has 178 valence electrons. The zero-order valence-corrected chi connectivity index (χ0v) is 20.0. The van der Waals surface area contributed by atoms with E-state index < -0.39 is 18.4 Å². The van der Waals surface area contributed by atoms with Crippen molar-refractivity contribution >= 4 is 57.8 Å². The van der Waals surface area contributed by atoms with Crippen molar-refractivity contribution in [3.63, 3.8) is 0 Å². The number of anilines is 1. The number of hydrogen-bond acceptors (Lipinski definition) is 8. The molecule has 0 saturated carbocycles. The molecule has 0 radical (unpaired) electrons. The summed E-state index contributed by atoms with van der Waals surface area (Å²) in [6.07, 6.45) is 1.60. The van der Waals surface area contributed by atoms with Crippen molar-refractivity contribution in [3.8, 4) is 17.2 Å². The third-order valence-electron chi connectivity index (χ3n) is 4.47. The summed E-state index contributed by atoms with van der Waals surface area (Å²) in [5.74, 6) is -0.715. The van der Waals surface area contributed by atoms with Crippen LogP contribution in [0.3, 0.4) is 0 Å². The van der Waals surface area contributed by atoms with Crippen molar-refractivity contribution in [2.75, 3.05) is 32.2 Å². The summed E-state index contributed by atoms with van der Waals surface area (Å²) in [5.41, 5.74) is 1.16. The smallest absolute Gasteiger partial charge is 0.323 e. The molecule has 1 saturated heterocycles. The van der Waals surface area contributed by atoms with Crippen LogP contribution in [0.5, 0.6) is 17.2 Å². The molecule has 1 fully saturated rings. The first-order chi connectivity index (χ1) is 16.3. The highest BCUT2D eigenvalue weighted by Gasteiger charge is 2.33. The Morgan fingerprint density at radius 1 is 1.15 bits per heavy atom. The molecular formula is C23H22N2O7S2. The van der Waals surface area contributed by atoms with Crippen LogP contribution in [0.1, 0.15) is 12.5 Å². The van der Waals surface area contributed by atoms with E-state index in [1.54, 1.807) is 48.5 Å². The molecule has 0 aliphatic carbocycles. The number of para-hydroxylation sites is 2. The van der Waals surface area contributed by atoms with Crippen molar-refractivity contribution in [1.82, 2.24) is 4.90 Å². The monoisotopic (exact) mass is 502 g/mol. The molecule has 2 aromatic rings. The standard InChI is InChI=1S/C23H22N2O7S2/c1-3-31-18-10-14(11-19-22(29)25(12-21(27)28)23(33)34-19)8-9-17(18)32-13-20(26)24-15-6-4-5-7-16(15)30-2/h4-11H,3,12-13H2,1-2H3,(H,24,26)(H,27,28). The summed E-state index contributed by atoms with van der Waals surface area (Å²) in [4.78, 5) is 37.1. The van der Waals surface area contributed by atoms with Gasteiger partial charge in [0, 0.05) is 0 Å². The third kappa shape index (κ3) is 6.27. The maximum absolute atomic E-state index is 12.5. The molecule has 34 heavy (non-hydrogen) atoms. The molecule has 0 atom stereocenters. The number of amides is 2. The van der Waals surface area contributed by atoms with Gasteiger partial charge in [-0.05, 0) is 42.8 Å². The predicted octanol–water partition coefficient (Wildman–Crippen LogP) is 3.40. The molecular weight excluding hydrogens is 480 g/mol. The van der Waals surface area contributed by atoms with Crippen molar-refractivity contribution in [1.29, 1.82) is 0 Å². The van der Waals surface area contributed by atoms with E-state index in [0.717, 1.165) is 16.7 Å². The highest BCUT2D eigenvalue weighted by Crippen LogP contribution is 2.35. The highest BCUT2D eigenvalue weighted by atomic mass is 32.2. The molecule has 2 amide bonds. The number of ether oxygens (including phenoxy) is 3. The summed E-state index contributed by atoms with van der Waals surface area (Å²) in [6, 6.07) is 12.0. The van der Waals surface area contributed by atoms with Crippen LogP contribution >= 0.6 is 24.0 Å². The van der Waals surface area contributed by atoms with Gasteiger partial charge in [-0.2, -0.15) is 0 Å². The lowest BCUT2D eigenvalue weighted by Crippen LogP contribution is -2.33. The second kappa shape index (κ2) is 11.5. The van der Waals surface area contributed by atoms with Gasteiger partial charge in [0.1, 0.15) is 16.6 Å². The van der Waals surface area contributed by atoms with E-state index in [2.05, 4.69) is 5.32 Å². The van der Waals surface area contributed by atoms with E-state index in [9.17, 15) is 14.4 Å². The van der Waals surface area contributed by atoms with Crippen LogP contribution in [-0.2, 0) is 14.4 Å². The molecule has 0 spiro atoms. The molecule has 11 heteroatoms. The van der Waals surface area contributed by atoms with Gasteiger partial charge >= 0.3 is 5.97 Å². The maximum atomic E-state index is 12.5. The third-order valence-corrected chi connectivity index (χ3v) is 5.85. The van der Waals surface area contributed by atoms with Gasteiger partial charge in [0.15, 0.2) is 18.1 Å². The van der Waals surface area contributed by atoms with Gasteiger partial charge in [-0.1, -0.05) is 42.2 Å². The zero-order chi connectivity index (χ0) is 24.7. The number of carbonyl (C=O) groups is 3. The number of aliphatic carboxylic acids is 1. The Hall–Kier alpha value is -3.57. The van der Waals surface area contributed by atoms with E-state index in [1.165, 1.54) is 7.11 Å². The lowest BCUT2D eigenvalue weighted by Gasteiger charge is -2.14. The molecule has 1 heterocycles. The minimum atomic E-state index is -1.15. The topological polar surface area (TPSA) is 114 Å². The quantitative estimate of drug-likeness (QED) is 0.373. The highest BCUT2D eigenvalue weighted by molar-refractivity contribution is 8.26. The van der Waals surface area contributed by atoms with E-state index in [1.807, 2.05) is 6.92 Å². The molecule has 0 bridgehead atoms. The fourth-order valence-electron chi connectivity index (χ4n) is 3.00. The van der Waals surface area contributed by atoms with E-state index in [4.69, 9.17) is 31.5 Å². The fourth-order valence-corrected chi connectivity index (χ4v) is 4.26. The Bertz CT molecular complexity index is 1150. The first-order valence-corrected chi connectivity index (χ1v) is 11.3. The Labute approximate surface area is 205 Å². The van der Waals surface area contributed by atoms with Crippen molar-refractivity contribution < 1.29 is 33.7 Å². The van der Waals surface area contributed by atoms with Crippen molar-refractivity contribution in [2.45, 2.75) is 6.92 Å². The number of carboxylic acids is 1. The number of thiocarbonyl (C=S) groups is 1. The number of hydrogen-bond donors (Lipinski definition) is 2. The van der Waals surface area contributed by atoms with Gasteiger partial charge in [-0.3, -0.25) is 19.3 Å². The first-order valence-electron chi connectivity index (χ1n) is 10.1. The number of nitrogens with one attached hydrogen (secondary N) is 1. The molecule has 3 rings (SSSR count). The zero-order valence-electron chi connectivity index (χ0n) is 18.4. The summed E-state index contributed by atoms with van der Waals surface area (Å²) < 4.78 is 16.7. The van der Waals surface area contributed by atoms with Gasteiger partial charge in [0.05, 0.1) is 24.3 Å². The van der Waals surface area contributed by atoms with Crippen LogP contribution in [0.25, 0.3) is 6.08 Å². The number of carboxylic acid groups (broad SMARTS) is 1. The minimum Gasteiger partial charge on any atom is -0.495 e. The van der Waals surface area contributed by atoms with Crippen LogP contribution in [0.2, 0.25) is 0 Å². The predicted molar refractivity (Wildman–Crippen MR) is 132 cm³/mol. The molecule has 1 aliphatic rings. The molecule has 0 aromatic heterocycles. The molecule has 1 aliphatic heterocycles. The van der Waals surface area contributed by atoms with Gasteiger partial charge in [-0.15, -0.1) is 0 Å². The van der Waals surface area contributed by atoms with E-state index in [-0.39, 0.29) is 16.8 Å². The Balaban J connectivity index is 1.71. The van der Waals surface area contributed by atoms with Crippen LogP contribution in [0, 0.1) is 0 Å². The second-order valence-electron chi connectivity index (χ2n) is 6.84. The average Bonchev–Trinajstić information content (AvgIpc) is 3.06. The van der Waals surface area contributed by atoms with Crippen molar-refractivity contribution in [2.24, 2.45) is 0 Å². The maximum Gasteiger partial charge on any atom is 0.323 e. The van der Waals surface area contributed by atoms with Gasteiger partial charge in [0.25, 0.3) is 11.8 Å². The Morgan fingerprint density at radius 3 is 2.62 bits per heavy atom. The van der Waals surface area contributed by atoms with E-state index >= 15 is 0 Å². The second-order valence-corrected chi connectivity index (χ2v) is 8.51.